The summed E-state index contributed by atoms with van der Waals surface area (Å²) >= 11 is 0. The molecule has 5 heteroatoms. The second-order valence-electron chi connectivity index (χ2n) is 5.20. The zero-order valence-corrected chi connectivity index (χ0v) is 11.6. The maximum Gasteiger partial charge on any atom is 0.270 e. The Morgan fingerprint density at radius 1 is 1.24 bits per heavy atom. The topological polar surface area (TPSA) is 77.2 Å². The summed E-state index contributed by atoms with van der Waals surface area (Å²) in [5, 5.41) is 2.89. The summed E-state index contributed by atoms with van der Waals surface area (Å²) in [5.41, 5.74) is 6.67. The van der Waals surface area contributed by atoms with E-state index in [1.807, 2.05) is 0 Å². The van der Waals surface area contributed by atoms with Crippen LogP contribution in [-0.4, -0.2) is 17.4 Å². The minimum absolute atomic E-state index is 0.162. The molecular weight excluding hydrogens is 266 g/mol. The third kappa shape index (κ3) is 3.72. The highest BCUT2D eigenvalue weighted by Gasteiger charge is 2.22. The van der Waals surface area contributed by atoms with E-state index in [1.54, 1.807) is 42.6 Å². The van der Waals surface area contributed by atoms with Crippen LogP contribution in [-0.2, 0) is 0 Å². The highest BCUT2D eigenvalue weighted by atomic mass is 16.5. The summed E-state index contributed by atoms with van der Waals surface area (Å²) in [7, 11) is 0. The summed E-state index contributed by atoms with van der Waals surface area (Å²) in [6.07, 6.45) is 3.97. The van der Waals surface area contributed by atoms with Gasteiger partial charge in [-0.3, -0.25) is 9.78 Å². The van der Waals surface area contributed by atoms with E-state index in [-0.39, 0.29) is 5.91 Å². The van der Waals surface area contributed by atoms with Crippen molar-refractivity contribution < 1.29 is 9.53 Å². The van der Waals surface area contributed by atoms with Crippen molar-refractivity contribution in [3.05, 3.63) is 48.3 Å². The Hall–Kier alpha value is -2.56. The van der Waals surface area contributed by atoms with Gasteiger partial charge in [0, 0.05) is 24.5 Å². The molecule has 0 radical (unpaired) electrons. The van der Waals surface area contributed by atoms with Crippen LogP contribution in [0.1, 0.15) is 23.3 Å². The van der Waals surface area contributed by atoms with Crippen LogP contribution in [0.4, 0.5) is 5.69 Å². The van der Waals surface area contributed by atoms with E-state index in [0.29, 0.717) is 28.8 Å². The molecule has 3 N–H and O–H groups in total. The molecule has 5 nitrogen and oxygen atoms in total. The largest absolute Gasteiger partial charge is 0.457 e. The van der Waals surface area contributed by atoms with Gasteiger partial charge in [-0.25, -0.2) is 0 Å². The van der Waals surface area contributed by atoms with Crippen LogP contribution in [0.5, 0.6) is 11.5 Å². The van der Waals surface area contributed by atoms with E-state index in [4.69, 9.17) is 10.5 Å². The molecule has 0 aliphatic heterocycles. The van der Waals surface area contributed by atoms with Gasteiger partial charge in [-0.15, -0.1) is 0 Å². The van der Waals surface area contributed by atoms with Gasteiger partial charge in [-0.05, 0) is 49.1 Å². The van der Waals surface area contributed by atoms with Gasteiger partial charge >= 0.3 is 0 Å². The van der Waals surface area contributed by atoms with Gasteiger partial charge in [0.25, 0.3) is 5.91 Å². The molecule has 0 saturated heterocycles. The molecule has 1 aliphatic carbocycles. The Morgan fingerprint density at radius 2 is 2.00 bits per heavy atom. The molecule has 1 fully saturated rings. The number of benzene rings is 1. The molecule has 21 heavy (non-hydrogen) atoms. The molecule has 1 aliphatic rings. The first-order valence-electron chi connectivity index (χ1n) is 6.98. The minimum atomic E-state index is -0.162. The quantitative estimate of drug-likeness (QED) is 0.827. The van der Waals surface area contributed by atoms with Crippen molar-refractivity contribution in [3.8, 4) is 11.5 Å². The van der Waals surface area contributed by atoms with Gasteiger partial charge in [0.2, 0.25) is 0 Å². The average Bonchev–Trinajstić information content (AvgIpc) is 3.32. The number of hydrogen-bond acceptors (Lipinski definition) is 4. The van der Waals surface area contributed by atoms with Crippen LogP contribution >= 0.6 is 0 Å². The van der Waals surface area contributed by atoms with Gasteiger partial charge in [-0.2, -0.15) is 0 Å². The number of aromatic nitrogens is 1. The average molecular weight is 283 g/mol. The smallest absolute Gasteiger partial charge is 0.270 e. The van der Waals surface area contributed by atoms with Crippen molar-refractivity contribution in [1.82, 2.24) is 10.3 Å². The van der Waals surface area contributed by atoms with E-state index in [0.717, 1.165) is 6.54 Å². The third-order valence-electron chi connectivity index (χ3n) is 3.33. The number of nitrogens with one attached hydrogen (secondary N) is 1. The Labute approximate surface area is 123 Å². The molecule has 1 saturated carbocycles. The fraction of sp³-hybridized carbons (Fsp3) is 0.250. The fourth-order valence-corrected chi connectivity index (χ4v) is 1.92. The lowest BCUT2D eigenvalue weighted by Crippen LogP contribution is -2.26. The molecule has 1 aromatic heterocycles. The molecule has 1 heterocycles. The monoisotopic (exact) mass is 283 g/mol. The Balaban J connectivity index is 1.66. The lowest BCUT2D eigenvalue weighted by atomic mass is 10.3. The van der Waals surface area contributed by atoms with Crippen molar-refractivity contribution in [3.63, 3.8) is 0 Å². The summed E-state index contributed by atoms with van der Waals surface area (Å²) in [4.78, 5) is 16.1. The summed E-state index contributed by atoms with van der Waals surface area (Å²) in [6, 6.07) is 10.4. The number of carbonyl (C=O) groups excluding carboxylic acids is 1. The molecular formula is C16H17N3O2. The van der Waals surface area contributed by atoms with Gasteiger partial charge in [0.1, 0.15) is 17.2 Å². The van der Waals surface area contributed by atoms with Crippen LogP contribution in [0.2, 0.25) is 0 Å². The lowest BCUT2D eigenvalue weighted by molar-refractivity contribution is 0.0946. The predicted octanol–water partition coefficient (Wildman–Crippen LogP) is 2.60. The minimum Gasteiger partial charge on any atom is -0.457 e. The van der Waals surface area contributed by atoms with Gasteiger partial charge < -0.3 is 15.8 Å². The van der Waals surface area contributed by atoms with E-state index in [1.165, 1.54) is 12.8 Å². The SMILES string of the molecule is Nc1ccc(Oc2ccnc(C(=O)NCC3CC3)c2)cc1. The maximum atomic E-state index is 12.0. The van der Waals surface area contributed by atoms with E-state index >= 15 is 0 Å². The Morgan fingerprint density at radius 3 is 2.71 bits per heavy atom. The predicted molar refractivity (Wildman–Crippen MR) is 80.2 cm³/mol. The van der Waals surface area contributed by atoms with Gasteiger partial charge in [0.15, 0.2) is 0 Å². The summed E-state index contributed by atoms with van der Waals surface area (Å²) < 4.78 is 5.69. The second-order valence-corrected chi connectivity index (χ2v) is 5.20. The molecule has 2 aromatic rings. The highest BCUT2D eigenvalue weighted by Crippen LogP contribution is 2.27. The number of rotatable bonds is 5. The number of nitrogens with zero attached hydrogens (tertiary/aromatic N) is 1. The zero-order valence-electron chi connectivity index (χ0n) is 11.6. The van der Waals surface area contributed by atoms with Crippen LogP contribution < -0.4 is 15.8 Å². The van der Waals surface area contributed by atoms with Crippen molar-refractivity contribution in [2.75, 3.05) is 12.3 Å². The van der Waals surface area contributed by atoms with Crippen molar-refractivity contribution in [2.45, 2.75) is 12.8 Å². The Bertz CT molecular complexity index is 636. The molecule has 3 rings (SSSR count). The number of ether oxygens (including phenoxy) is 1. The highest BCUT2D eigenvalue weighted by molar-refractivity contribution is 5.92. The number of amides is 1. The van der Waals surface area contributed by atoms with Crippen molar-refractivity contribution >= 4 is 11.6 Å². The van der Waals surface area contributed by atoms with Crippen LogP contribution in [0.25, 0.3) is 0 Å². The first kappa shape index (κ1) is 13.4. The second kappa shape index (κ2) is 5.83. The molecule has 0 bridgehead atoms. The standard InChI is InChI=1S/C16H17N3O2/c17-12-3-5-13(6-4-12)21-14-7-8-18-15(9-14)16(20)19-10-11-1-2-11/h3-9,11H,1-2,10,17H2,(H,19,20). The van der Waals surface area contributed by atoms with E-state index in [2.05, 4.69) is 10.3 Å². The molecule has 0 spiro atoms. The molecule has 1 amide bonds. The molecule has 0 atom stereocenters. The summed E-state index contributed by atoms with van der Waals surface area (Å²) in [6.45, 7) is 0.726. The third-order valence-corrected chi connectivity index (χ3v) is 3.33. The van der Waals surface area contributed by atoms with Crippen molar-refractivity contribution in [1.29, 1.82) is 0 Å². The number of hydrogen-bond donors (Lipinski definition) is 2. The number of nitrogen functional groups attached to an aromatic ring is 1. The number of carbonyl (C=O) groups is 1. The van der Waals surface area contributed by atoms with Crippen LogP contribution in [0.3, 0.4) is 0 Å². The zero-order chi connectivity index (χ0) is 14.7. The normalized spacial score (nSPS) is 13.7. The van der Waals surface area contributed by atoms with Crippen molar-refractivity contribution in [2.24, 2.45) is 5.92 Å². The molecule has 0 unspecified atom stereocenters. The van der Waals surface area contributed by atoms with Gasteiger partial charge in [0.05, 0.1) is 0 Å². The van der Waals surface area contributed by atoms with E-state index in [9.17, 15) is 4.79 Å². The fourth-order valence-electron chi connectivity index (χ4n) is 1.92. The Kier molecular flexibility index (Phi) is 3.73. The van der Waals surface area contributed by atoms with Gasteiger partial charge in [-0.1, -0.05) is 0 Å². The van der Waals surface area contributed by atoms with Crippen LogP contribution in [0, 0.1) is 5.92 Å². The number of pyridine rings is 1. The van der Waals surface area contributed by atoms with E-state index < -0.39 is 0 Å². The van der Waals surface area contributed by atoms with Crippen LogP contribution in [0.15, 0.2) is 42.6 Å². The number of nitrogens with two attached hydrogens (primary N) is 1. The number of anilines is 1. The summed E-state index contributed by atoms with van der Waals surface area (Å²) in [5.74, 6) is 1.72. The lowest BCUT2D eigenvalue weighted by Gasteiger charge is -2.08. The maximum absolute atomic E-state index is 12.0. The first-order valence-corrected chi connectivity index (χ1v) is 6.98. The molecule has 1 aromatic carbocycles. The first-order chi connectivity index (χ1) is 10.2. The molecule has 108 valence electrons.